The number of aromatic nitrogens is 1. The molecule has 1 aromatic carbocycles. The number of aromatic amines is 1. The second-order valence-corrected chi connectivity index (χ2v) is 5.72. The molecule has 0 saturated heterocycles. The molecule has 98 valence electrons. The number of rotatable bonds is 1. The van der Waals surface area contributed by atoms with Crippen LogP contribution in [0.15, 0.2) is 18.3 Å². The smallest absolute Gasteiger partial charge is 0.101 e. The van der Waals surface area contributed by atoms with E-state index in [1.165, 1.54) is 5.56 Å². The molecule has 0 unspecified atom stereocenters. The van der Waals surface area contributed by atoms with Crippen LogP contribution in [0.2, 0.25) is 5.02 Å². The Morgan fingerprint density at radius 3 is 2.68 bits per heavy atom. The van der Waals surface area contributed by atoms with Crippen LogP contribution in [0.1, 0.15) is 42.7 Å². The standard InChI is InChI=1S/C15H16ClN3/c16-13-6-5-12(9-1-3-11(18)4-2-9)15-14(13)10(7-17)8-19-15/h5-6,8-9,11,19H,1-4,18H2. The lowest BCUT2D eigenvalue weighted by Gasteiger charge is -2.26. The molecule has 0 aliphatic heterocycles. The summed E-state index contributed by atoms with van der Waals surface area (Å²) in [5, 5.41) is 10.6. The lowest BCUT2D eigenvalue weighted by molar-refractivity contribution is 0.397. The van der Waals surface area contributed by atoms with Crippen LogP contribution in [-0.2, 0) is 0 Å². The maximum atomic E-state index is 9.14. The molecule has 0 atom stereocenters. The Labute approximate surface area is 117 Å². The van der Waals surface area contributed by atoms with Gasteiger partial charge in [0.1, 0.15) is 6.07 Å². The van der Waals surface area contributed by atoms with Crippen molar-refractivity contribution in [2.45, 2.75) is 37.6 Å². The Kier molecular flexibility index (Phi) is 3.22. The van der Waals surface area contributed by atoms with E-state index < -0.39 is 0 Å². The number of halogens is 1. The first-order valence-electron chi connectivity index (χ1n) is 6.66. The zero-order valence-electron chi connectivity index (χ0n) is 10.6. The molecule has 3 N–H and O–H groups in total. The summed E-state index contributed by atoms with van der Waals surface area (Å²) in [7, 11) is 0. The van der Waals surface area contributed by atoms with Gasteiger partial charge in [-0.05, 0) is 43.2 Å². The van der Waals surface area contributed by atoms with Crippen molar-refractivity contribution in [2.24, 2.45) is 5.73 Å². The van der Waals surface area contributed by atoms with Crippen molar-refractivity contribution in [1.82, 2.24) is 4.98 Å². The quantitative estimate of drug-likeness (QED) is 0.832. The number of fused-ring (bicyclic) bond motifs is 1. The molecule has 1 saturated carbocycles. The van der Waals surface area contributed by atoms with Gasteiger partial charge in [0.2, 0.25) is 0 Å². The molecule has 1 aliphatic carbocycles. The average Bonchev–Trinajstić information content (AvgIpc) is 2.85. The summed E-state index contributed by atoms with van der Waals surface area (Å²) in [6, 6.07) is 6.53. The van der Waals surface area contributed by atoms with E-state index in [1.807, 2.05) is 6.07 Å². The first-order valence-corrected chi connectivity index (χ1v) is 7.03. The van der Waals surface area contributed by atoms with Crippen molar-refractivity contribution in [3.8, 4) is 6.07 Å². The van der Waals surface area contributed by atoms with Crippen molar-refractivity contribution in [1.29, 1.82) is 5.26 Å². The van der Waals surface area contributed by atoms with Crippen LogP contribution >= 0.6 is 11.6 Å². The predicted molar refractivity (Wildman–Crippen MR) is 77.2 cm³/mol. The highest BCUT2D eigenvalue weighted by Crippen LogP contribution is 2.38. The Morgan fingerprint density at radius 2 is 2.00 bits per heavy atom. The molecular formula is C15H16ClN3. The van der Waals surface area contributed by atoms with E-state index in [0.29, 0.717) is 22.5 Å². The molecule has 3 nitrogen and oxygen atoms in total. The molecule has 1 heterocycles. The summed E-state index contributed by atoms with van der Waals surface area (Å²) in [5.41, 5.74) is 8.87. The minimum atomic E-state index is 0.345. The molecule has 0 radical (unpaired) electrons. The highest BCUT2D eigenvalue weighted by molar-refractivity contribution is 6.36. The maximum Gasteiger partial charge on any atom is 0.101 e. The molecule has 0 bridgehead atoms. The number of hydrogen-bond donors (Lipinski definition) is 2. The highest BCUT2D eigenvalue weighted by atomic mass is 35.5. The maximum absolute atomic E-state index is 9.14. The van der Waals surface area contributed by atoms with Crippen molar-refractivity contribution >= 4 is 22.5 Å². The van der Waals surface area contributed by atoms with Gasteiger partial charge in [-0.25, -0.2) is 0 Å². The van der Waals surface area contributed by atoms with Crippen molar-refractivity contribution < 1.29 is 0 Å². The molecular weight excluding hydrogens is 258 g/mol. The van der Waals surface area contributed by atoms with E-state index in [1.54, 1.807) is 6.20 Å². The molecule has 4 heteroatoms. The van der Waals surface area contributed by atoms with E-state index in [2.05, 4.69) is 17.1 Å². The molecule has 3 rings (SSSR count). The molecule has 0 spiro atoms. The van der Waals surface area contributed by atoms with Crippen LogP contribution in [0.3, 0.4) is 0 Å². The Balaban J connectivity index is 2.08. The molecule has 1 aromatic heterocycles. The molecule has 1 aliphatic rings. The lowest BCUT2D eigenvalue weighted by atomic mass is 9.81. The van der Waals surface area contributed by atoms with Gasteiger partial charge in [0.15, 0.2) is 0 Å². The zero-order valence-corrected chi connectivity index (χ0v) is 11.4. The SMILES string of the molecule is N#Cc1c[nH]c2c(C3CCC(N)CC3)ccc(Cl)c12. The lowest BCUT2D eigenvalue weighted by Crippen LogP contribution is -2.25. The summed E-state index contributed by atoms with van der Waals surface area (Å²) in [6.07, 6.45) is 6.10. The highest BCUT2D eigenvalue weighted by Gasteiger charge is 2.23. The van der Waals surface area contributed by atoms with Crippen LogP contribution in [0.5, 0.6) is 0 Å². The third kappa shape index (κ3) is 2.11. The van der Waals surface area contributed by atoms with Crippen LogP contribution in [0.25, 0.3) is 10.9 Å². The van der Waals surface area contributed by atoms with E-state index in [4.69, 9.17) is 22.6 Å². The normalized spacial score (nSPS) is 23.4. The number of nitrogens with one attached hydrogen (secondary N) is 1. The second kappa shape index (κ2) is 4.88. The van der Waals surface area contributed by atoms with Crippen LogP contribution in [-0.4, -0.2) is 11.0 Å². The largest absolute Gasteiger partial charge is 0.360 e. The molecule has 2 aromatic rings. The minimum Gasteiger partial charge on any atom is -0.360 e. The fraction of sp³-hybridized carbons (Fsp3) is 0.400. The van der Waals surface area contributed by atoms with Gasteiger partial charge in [0, 0.05) is 17.6 Å². The van der Waals surface area contributed by atoms with Crippen LogP contribution in [0.4, 0.5) is 0 Å². The van der Waals surface area contributed by atoms with Crippen molar-refractivity contribution in [2.75, 3.05) is 0 Å². The third-order valence-corrected chi connectivity index (χ3v) is 4.46. The number of nitriles is 1. The first-order chi connectivity index (χ1) is 9.20. The van der Waals surface area contributed by atoms with Gasteiger partial charge in [0.05, 0.1) is 16.1 Å². The van der Waals surface area contributed by atoms with Gasteiger partial charge in [-0.1, -0.05) is 17.7 Å². The summed E-state index contributed by atoms with van der Waals surface area (Å²) in [6.45, 7) is 0. The molecule has 1 fully saturated rings. The topological polar surface area (TPSA) is 65.6 Å². The van der Waals surface area contributed by atoms with Gasteiger partial charge in [-0.2, -0.15) is 5.26 Å². The third-order valence-electron chi connectivity index (χ3n) is 4.15. The summed E-state index contributed by atoms with van der Waals surface area (Å²) in [4.78, 5) is 3.22. The van der Waals surface area contributed by atoms with Gasteiger partial charge in [0.25, 0.3) is 0 Å². The van der Waals surface area contributed by atoms with E-state index in [9.17, 15) is 0 Å². The number of benzene rings is 1. The van der Waals surface area contributed by atoms with Crippen LogP contribution in [0, 0.1) is 11.3 Å². The monoisotopic (exact) mass is 273 g/mol. The Morgan fingerprint density at radius 1 is 1.26 bits per heavy atom. The summed E-state index contributed by atoms with van der Waals surface area (Å²) < 4.78 is 0. The number of nitrogens with zero attached hydrogens (tertiary/aromatic N) is 1. The van der Waals surface area contributed by atoms with E-state index >= 15 is 0 Å². The summed E-state index contributed by atoms with van der Waals surface area (Å²) >= 11 is 6.23. The Bertz CT molecular complexity index is 645. The average molecular weight is 274 g/mol. The fourth-order valence-electron chi connectivity index (χ4n) is 3.09. The molecule has 19 heavy (non-hydrogen) atoms. The number of hydrogen-bond acceptors (Lipinski definition) is 2. The first kappa shape index (κ1) is 12.5. The fourth-order valence-corrected chi connectivity index (χ4v) is 3.35. The Hall–Kier alpha value is -1.50. The molecule has 0 amide bonds. The van der Waals surface area contributed by atoms with Gasteiger partial charge >= 0.3 is 0 Å². The van der Waals surface area contributed by atoms with Crippen molar-refractivity contribution in [3.63, 3.8) is 0 Å². The van der Waals surface area contributed by atoms with Gasteiger partial charge in [-0.15, -0.1) is 0 Å². The van der Waals surface area contributed by atoms with Crippen LogP contribution < -0.4 is 5.73 Å². The van der Waals surface area contributed by atoms with E-state index in [0.717, 1.165) is 36.6 Å². The van der Waals surface area contributed by atoms with E-state index in [-0.39, 0.29) is 0 Å². The summed E-state index contributed by atoms with van der Waals surface area (Å²) in [5.74, 6) is 0.518. The van der Waals surface area contributed by atoms with Gasteiger partial charge in [-0.3, -0.25) is 0 Å². The predicted octanol–water partition coefficient (Wildman–Crippen LogP) is 3.68. The van der Waals surface area contributed by atoms with Gasteiger partial charge < -0.3 is 10.7 Å². The number of H-pyrrole nitrogens is 1. The zero-order chi connectivity index (χ0) is 13.4. The number of nitrogens with two attached hydrogens (primary N) is 1. The minimum absolute atomic E-state index is 0.345. The van der Waals surface area contributed by atoms with Crippen molar-refractivity contribution in [3.05, 3.63) is 34.5 Å². The second-order valence-electron chi connectivity index (χ2n) is 5.31.